The highest BCUT2D eigenvalue weighted by Crippen LogP contribution is 2.10. The molecule has 6 N–H and O–H groups in total. The second-order valence-corrected chi connectivity index (χ2v) is 6.03. The van der Waals surface area contributed by atoms with Gasteiger partial charge in [0.05, 0.1) is 13.2 Å². The van der Waals surface area contributed by atoms with Crippen LogP contribution in [-0.2, 0) is 4.79 Å². The van der Waals surface area contributed by atoms with Crippen molar-refractivity contribution in [3.8, 4) is 0 Å². The van der Waals surface area contributed by atoms with Crippen LogP contribution in [0.4, 0.5) is 0 Å². The number of aliphatic hydroxyl groups excluding tert-OH is 6. The Hall–Kier alpha value is -0.770. The molecule has 0 spiro atoms. The van der Waals surface area contributed by atoms with Crippen LogP contribution in [0.5, 0.6) is 0 Å². The van der Waals surface area contributed by atoms with Gasteiger partial charge in [-0.2, -0.15) is 0 Å². The SMILES string of the molecule is CCCCCCCC(=O)N(CCO)C[C@H](O)[C@@H](O)[C@H](O)[C@H](O)CO. The van der Waals surface area contributed by atoms with Gasteiger partial charge in [0, 0.05) is 19.5 Å². The summed E-state index contributed by atoms with van der Waals surface area (Å²) in [5, 5.41) is 56.4. The molecule has 0 aliphatic rings. The lowest BCUT2D eigenvalue weighted by Crippen LogP contribution is -2.51. The van der Waals surface area contributed by atoms with Gasteiger partial charge in [0.2, 0.25) is 5.91 Å². The number of carbonyl (C=O) groups excluding carboxylic acids is 1. The monoisotopic (exact) mass is 351 g/mol. The minimum atomic E-state index is -1.73. The van der Waals surface area contributed by atoms with Gasteiger partial charge in [-0.15, -0.1) is 0 Å². The molecule has 0 heterocycles. The van der Waals surface area contributed by atoms with E-state index in [2.05, 4.69) is 6.92 Å². The number of carbonyl (C=O) groups is 1. The van der Waals surface area contributed by atoms with Gasteiger partial charge in [0.1, 0.15) is 24.4 Å². The van der Waals surface area contributed by atoms with Gasteiger partial charge in [0.25, 0.3) is 0 Å². The first-order chi connectivity index (χ1) is 11.4. The maximum absolute atomic E-state index is 12.2. The summed E-state index contributed by atoms with van der Waals surface area (Å²) in [6.07, 6.45) is -1.33. The van der Waals surface area contributed by atoms with Gasteiger partial charge in [-0.25, -0.2) is 0 Å². The molecule has 1 amide bonds. The van der Waals surface area contributed by atoms with Crippen LogP contribution in [-0.4, -0.2) is 92.2 Å². The molecular weight excluding hydrogens is 318 g/mol. The molecule has 4 atom stereocenters. The van der Waals surface area contributed by atoms with Crippen molar-refractivity contribution in [3.63, 3.8) is 0 Å². The summed E-state index contributed by atoms with van der Waals surface area (Å²) >= 11 is 0. The van der Waals surface area contributed by atoms with Gasteiger partial charge in [-0.1, -0.05) is 32.6 Å². The van der Waals surface area contributed by atoms with Crippen LogP contribution in [0.1, 0.15) is 45.4 Å². The number of aliphatic hydroxyl groups is 6. The lowest BCUT2D eigenvalue weighted by molar-refractivity contribution is -0.140. The normalized spacial score (nSPS) is 16.5. The molecular formula is C16H33NO7. The molecule has 0 aromatic carbocycles. The highest BCUT2D eigenvalue weighted by atomic mass is 16.4. The molecule has 0 rings (SSSR count). The van der Waals surface area contributed by atoms with E-state index < -0.39 is 31.0 Å². The zero-order chi connectivity index (χ0) is 18.5. The maximum atomic E-state index is 12.2. The molecule has 144 valence electrons. The first kappa shape index (κ1) is 23.2. The fourth-order valence-electron chi connectivity index (χ4n) is 2.37. The van der Waals surface area contributed by atoms with Gasteiger partial charge in [0.15, 0.2) is 0 Å². The van der Waals surface area contributed by atoms with Crippen molar-refractivity contribution in [3.05, 3.63) is 0 Å². The van der Waals surface area contributed by atoms with E-state index in [0.717, 1.165) is 25.7 Å². The van der Waals surface area contributed by atoms with Gasteiger partial charge < -0.3 is 35.5 Å². The van der Waals surface area contributed by atoms with Crippen molar-refractivity contribution in [2.24, 2.45) is 0 Å². The van der Waals surface area contributed by atoms with E-state index in [9.17, 15) is 25.2 Å². The number of hydrogen-bond donors (Lipinski definition) is 6. The molecule has 8 nitrogen and oxygen atoms in total. The average molecular weight is 351 g/mol. The molecule has 0 fully saturated rings. The largest absolute Gasteiger partial charge is 0.395 e. The minimum absolute atomic E-state index is 0.0101. The van der Waals surface area contributed by atoms with E-state index in [1.807, 2.05) is 0 Å². The van der Waals surface area contributed by atoms with Crippen LogP contribution in [0.2, 0.25) is 0 Å². The minimum Gasteiger partial charge on any atom is -0.395 e. The van der Waals surface area contributed by atoms with E-state index in [-0.39, 0.29) is 32.0 Å². The summed E-state index contributed by atoms with van der Waals surface area (Å²) in [7, 11) is 0. The fourth-order valence-corrected chi connectivity index (χ4v) is 2.37. The second kappa shape index (κ2) is 13.5. The Kier molecular flexibility index (Phi) is 13.1. The molecule has 0 aromatic heterocycles. The van der Waals surface area contributed by atoms with E-state index in [1.54, 1.807) is 0 Å². The van der Waals surface area contributed by atoms with Crippen LogP contribution in [0.3, 0.4) is 0 Å². The smallest absolute Gasteiger partial charge is 0.222 e. The third-order valence-electron chi connectivity index (χ3n) is 3.95. The van der Waals surface area contributed by atoms with Crippen LogP contribution in [0, 0.1) is 0 Å². The van der Waals surface area contributed by atoms with E-state index in [4.69, 9.17) is 10.2 Å². The molecule has 0 saturated carbocycles. The zero-order valence-electron chi connectivity index (χ0n) is 14.4. The Balaban J connectivity index is 4.45. The van der Waals surface area contributed by atoms with Crippen molar-refractivity contribution in [2.75, 3.05) is 26.3 Å². The first-order valence-electron chi connectivity index (χ1n) is 8.60. The predicted octanol–water partition coefficient (Wildman–Crippen LogP) is -1.40. The van der Waals surface area contributed by atoms with Crippen LogP contribution in [0.15, 0.2) is 0 Å². The predicted molar refractivity (Wildman–Crippen MR) is 88.2 cm³/mol. The summed E-state index contributed by atoms with van der Waals surface area (Å²) in [6, 6.07) is 0. The highest BCUT2D eigenvalue weighted by Gasteiger charge is 2.31. The number of nitrogens with zero attached hydrogens (tertiary/aromatic N) is 1. The Morgan fingerprint density at radius 2 is 1.50 bits per heavy atom. The Bertz CT molecular complexity index is 330. The van der Waals surface area contributed by atoms with Crippen molar-refractivity contribution in [2.45, 2.75) is 69.9 Å². The van der Waals surface area contributed by atoms with Crippen molar-refractivity contribution >= 4 is 5.91 Å². The average Bonchev–Trinajstić information content (AvgIpc) is 2.58. The van der Waals surface area contributed by atoms with Crippen LogP contribution >= 0.6 is 0 Å². The fraction of sp³-hybridized carbons (Fsp3) is 0.938. The number of hydrogen-bond acceptors (Lipinski definition) is 7. The molecule has 0 aliphatic carbocycles. The maximum Gasteiger partial charge on any atom is 0.222 e. The summed E-state index contributed by atoms with van der Waals surface area (Å²) < 4.78 is 0. The first-order valence-corrected chi connectivity index (χ1v) is 8.60. The molecule has 0 saturated heterocycles. The third-order valence-corrected chi connectivity index (χ3v) is 3.95. The quantitative estimate of drug-likeness (QED) is 0.211. The molecule has 0 unspecified atom stereocenters. The highest BCUT2D eigenvalue weighted by molar-refractivity contribution is 5.76. The molecule has 0 radical (unpaired) electrons. The Labute approximate surface area is 143 Å². The standard InChI is InChI=1S/C16H33NO7/c1-2-3-4-5-6-7-14(22)17(8-9-18)10-12(20)15(23)16(24)13(21)11-19/h12-13,15-16,18-21,23-24H,2-11H2,1H3/t12-,13+,15+,16+/m0/s1. The lowest BCUT2D eigenvalue weighted by atomic mass is 10.0. The molecule has 0 aliphatic heterocycles. The second-order valence-electron chi connectivity index (χ2n) is 6.03. The molecule has 0 bridgehead atoms. The summed E-state index contributed by atoms with van der Waals surface area (Å²) in [4.78, 5) is 13.4. The van der Waals surface area contributed by atoms with E-state index >= 15 is 0 Å². The Morgan fingerprint density at radius 1 is 0.917 bits per heavy atom. The summed E-state index contributed by atoms with van der Waals surface area (Å²) in [5.74, 6) is -0.246. The van der Waals surface area contributed by atoms with Crippen molar-refractivity contribution < 1.29 is 35.4 Å². The lowest BCUT2D eigenvalue weighted by Gasteiger charge is -2.30. The van der Waals surface area contributed by atoms with E-state index in [0.29, 0.717) is 6.42 Å². The molecule has 8 heteroatoms. The number of amides is 1. The van der Waals surface area contributed by atoms with Gasteiger partial charge >= 0.3 is 0 Å². The molecule has 0 aromatic rings. The number of rotatable bonds is 14. The van der Waals surface area contributed by atoms with Crippen molar-refractivity contribution in [1.82, 2.24) is 4.90 Å². The summed E-state index contributed by atoms with van der Waals surface area (Å²) in [5.41, 5.74) is 0. The van der Waals surface area contributed by atoms with E-state index in [1.165, 1.54) is 4.90 Å². The van der Waals surface area contributed by atoms with Crippen molar-refractivity contribution in [1.29, 1.82) is 0 Å². The van der Waals surface area contributed by atoms with Gasteiger partial charge in [-0.05, 0) is 6.42 Å². The Morgan fingerprint density at radius 3 is 2.04 bits per heavy atom. The molecule has 24 heavy (non-hydrogen) atoms. The van der Waals surface area contributed by atoms with Gasteiger partial charge in [-0.3, -0.25) is 4.79 Å². The van der Waals surface area contributed by atoms with Crippen LogP contribution < -0.4 is 0 Å². The third kappa shape index (κ3) is 8.91. The van der Waals surface area contributed by atoms with Crippen LogP contribution in [0.25, 0.3) is 0 Å². The number of unbranched alkanes of at least 4 members (excludes halogenated alkanes) is 4. The summed E-state index contributed by atoms with van der Waals surface area (Å²) in [6.45, 7) is 0.790. The zero-order valence-corrected chi connectivity index (χ0v) is 14.4. The topological polar surface area (TPSA) is 142 Å².